The number of nitrogens with one attached hydrogen (secondary N) is 1. The number of amides is 2. The number of rotatable bonds is 6. The molecule has 1 aliphatic rings. The molecule has 1 fully saturated rings. The highest BCUT2D eigenvalue weighted by atomic mass is 32.1. The van der Waals surface area contributed by atoms with Crippen LogP contribution >= 0.6 is 11.3 Å². The van der Waals surface area contributed by atoms with Crippen LogP contribution in [0, 0.1) is 0 Å². The van der Waals surface area contributed by atoms with Gasteiger partial charge in [0.2, 0.25) is 11.8 Å². The van der Waals surface area contributed by atoms with Crippen molar-refractivity contribution in [3.8, 4) is 11.5 Å². The number of carbonyl (C=O) groups is 2. The van der Waals surface area contributed by atoms with E-state index in [-0.39, 0.29) is 17.5 Å². The topological polar surface area (TPSA) is 75.4 Å². The zero-order valence-corrected chi connectivity index (χ0v) is 17.2. The number of hydrogen-bond acceptors (Lipinski definition) is 5. The maximum atomic E-state index is 13.3. The maximum Gasteiger partial charge on any atom is 0.275 e. The zero-order chi connectivity index (χ0) is 20.9. The molecule has 0 bridgehead atoms. The molecule has 0 aliphatic carbocycles. The predicted molar refractivity (Wildman–Crippen MR) is 112 cm³/mol. The maximum absolute atomic E-state index is 13.3. The Bertz CT molecular complexity index is 993. The number of piperidine rings is 1. The number of likely N-dealkylation sites (tertiary alicyclic amines) is 1. The van der Waals surface area contributed by atoms with Crippen molar-refractivity contribution in [2.45, 2.75) is 32.0 Å². The van der Waals surface area contributed by atoms with Gasteiger partial charge < -0.3 is 14.6 Å². The highest BCUT2D eigenvalue weighted by Crippen LogP contribution is 2.21. The van der Waals surface area contributed by atoms with Gasteiger partial charge in [0.15, 0.2) is 5.69 Å². The van der Waals surface area contributed by atoms with E-state index in [1.165, 1.54) is 6.26 Å². The van der Waals surface area contributed by atoms with Gasteiger partial charge in [0.1, 0.15) is 12.4 Å². The summed E-state index contributed by atoms with van der Waals surface area (Å²) in [6.45, 7) is 1.23. The monoisotopic (exact) mass is 427 g/mol. The van der Waals surface area contributed by atoms with E-state index in [0.717, 1.165) is 16.7 Å². The van der Waals surface area contributed by atoms with E-state index in [0.29, 0.717) is 44.8 Å². The van der Waals surface area contributed by atoms with Crippen LogP contribution in [0.2, 0.25) is 0 Å². The Morgan fingerprint density at radius 2 is 1.93 bits per heavy atom. The highest BCUT2D eigenvalue weighted by Gasteiger charge is 2.25. The smallest absolute Gasteiger partial charge is 0.275 e. The number of nitrogens with zero attached hydrogens (tertiary/aromatic N) is 2. The van der Waals surface area contributed by atoms with Crippen LogP contribution in [0.4, 0.5) is 4.39 Å². The molecule has 1 saturated heterocycles. The molecule has 0 unspecified atom stereocenters. The molecular weight excluding hydrogens is 405 g/mol. The van der Waals surface area contributed by atoms with Gasteiger partial charge in [-0.3, -0.25) is 9.59 Å². The standard InChI is InChI=1S/C22H22FN3O3S/c23-18-5-8-26(9-6-18)22(28)19-13-29-21(25-19)17-3-1-15(2-4-17)12-24-20(27)11-16-7-10-30-14-16/h1-4,7,10,13-14,18H,5-6,8-9,11-12H2,(H,24,27). The molecule has 0 atom stereocenters. The average Bonchev–Trinajstić information content (AvgIpc) is 3.45. The van der Waals surface area contributed by atoms with E-state index in [4.69, 9.17) is 4.42 Å². The molecule has 2 amide bonds. The van der Waals surface area contributed by atoms with Crippen LogP contribution in [-0.4, -0.2) is 41.0 Å². The molecule has 3 aromatic rings. The van der Waals surface area contributed by atoms with Gasteiger partial charge in [0, 0.05) is 25.2 Å². The van der Waals surface area contributed by atoms with Crippen molar-refractivity contribution in [3.05, 3.63) is 64.2 Å². The summed E-state index contributed by atoms with van der Waals surface area (Å²) in [5.41, 5.74) is 2.93. The SMILES string of the molecule is O=C(Cc1ccsc1)NCc1ccc(-c2nc(C(=O)N3CCC(F)CC3)co2)cc1. The lowest BCUT2D eigenvalue weighted by molar-refractivity contribution is -0.120. The third-order valence-electron chi connectivity index (χ3n) is 5.07. The quantitative estimate of drug-likeness (QED) is 0.649. The first-order chi connectivity index (χ1) is 14.6. The first-order valence-corrected chi connectivity index (χ1v) is 10.8. The molecule has 156 valence electrons. The van der Waals surface area contributed by atoms with Crippen molar-refractivity contribution in [2.24, 2.45) is 0 Å². The first kappa shape index (κ1) is 20.3. The molecule has 0 radical (unpaired) electrons. The lowest BCUT2D eigenvalue weighted by Crippen LogP contribution is -2.39. The fourth-order valence-corrected chi connectivity index (χ4v) is 3.99. The Hall–Kier alpha value is -3.00. The summed E-state index contributed by atoms with van der Waals surface area (Å²) in [6.07, 6.45) is 1.61. The van der Waals surface area contributed by atoms with Crippen LogP contribution in [0.25, 0.3) is 11.5 Å². The number of alkyl halides is 1. The van der Waals surface area contributed by atoms with Gasteiger partial charge >= 0.3 is 0 Å². The Kier molecular flexibility index (Phi) is 6.23. The summed E-state index contributed by atoms with van der Waals surface area (Å²) in [6, 6.07) is 9.40. The molecule has 0 saturated carbocycles. The number of hydrogen-bond donors (Lipinski definition) is 1. The largest absolute Gasteiger partial charge is 0.444 e. The van der Waals surface area contributed by atoms with Gasteiger partial charge in [0.25, 0.3) is 5.91 Å². The van der Waals surface area contributed by atoms with Gasteiger partial charge in [0.05, 0.1) is 6.42 Å². The number of aromatic nitrogens is 1. The van der Waals surface area contributed by atoms with Gasteiger partial charge in [-0.1, -0.05) is 12.1 Å². The molecule has 0 spiro atoms. The van der Waals surface area contributed by atoms with Gasteiger partial charge in [-0.2, -0.15) is 11.3 Å². The van der Waals surface area contributed by atoms with Gasteiger partial charge in [-0.15, -0.1) is 0 Å². The molecule has 1 N–H and O–H groups in total. The molecule has 1 aliphatic heterocycles. The molecule has 30 heavy (non-hydrogen) atoms. The second-order valence-corrected chi connectivity index (χ2v) is 8.07. The fraction of sp³-hybridized carbons (Fsp3) is 0.318. The zero-order valence-electron chi connectivity index (χ0n) is 16.3. The van der Waals surface area contributed by atoms with E-state index in [9.17, 15) is 14.0 Å². The Morgan fingerprint density at radius 3 is 2.63 bits per heavy atom. The van der Waals surface area contributed by atoms with Crippen LogP contribution in [0.15, 0.2) is 51.8 Å². The summed E-state index contributed by atoms with van der Waals surface area (Å²) in [7, 11) is 0. The summed E-state index contributed by atoms with van der Waals surface area (Å²) in [5.74, 6) is 0.0961. The second kappa shape index (κ2) is 9.21. The third-order valence-corrected chi connectivity index (χ3v) is 5.80. The van der Waals surface area contributed by atoms with E-state index < -0.39 is 6.17 Å². The van der Waals surface area contributed by atoms with Crippen molar-refractivity contribution in [2.75, 3.05) is 13.1 Å². The lowest BCUT2D eigenvalue weighted by atomic mass is 10.1. The molecule has 2 aromatic heterocycles. The van der Waals surface area contributed by atoms with Crippen molar-refractivity contribution < 1.29 is 18.4 Å². The number of benzene rings is 1. The van der Waals surface area contributed by atoms with E-state index in [2.05, 4.69) is 10.3 Å². The normalized spacial score (nSPS) is 14.6. The highest BCUT2D eigenvalue weighted by molar-refractivity contribution is 7.08. The third kappa shape index (κ3) is 4.94. The molecular formula is C22H22FN3O3S. The molecule has 3 heterocycles. The number of thiophene rings is 1. The van der Waals surface area contributed by atoms with Crippen LogP contribution in [0.1, 0.15) is 34.5 Å². The summed E-state index contributed by atoms with van der Waals surface area (Å²) in [5, 5.41) is 6.82. The Morgan fingerprint density at radius 1 is 1.17 bits per heavy atom. The van der Waals surface area contributed by atoms with Crippen molar-refractivity contribution in [1.82, 2.24) is 15.2 Å². The van der Waals surface area contributed by atoms with E-state index in [1.807, 2.05) is 41.1 Å². The average molecular weight is 428 g/mol. The summed E-state index contributed by atoms with van der Waals surface area (Å²) in [4.78, 5) is 30.4. The molecule has 6 nitrogen and oxygen atoms in total. The van der Waals surface area contributed by atoms with Crippen LogP contribution < -0.4 is 5.32 Å². The van der Waals surface area contributed by atoms with Crippen LogP contribution in [-0.2, 0) is 17.8 Å². The summed E-state index contributed by atoms with van der Waals surface area (Å²) >= 11 is 1.57. The second-order valence-electron chi connectivity index (χ2n) is 7.29. The minimum Gasteiger partial charge on any atom is -0.444 e. The van der Waals surface area contributed by atoms with Gasteiger partial charge in [-0.25, -0.2) is 9.37 Å². The fourth-order valence-electron chi connectivity index (χ4n) is 3.32. The predicted octanol–water partition coefficient (Wildman–Crippen LogP) is 3.84. The first-order valence-electron chi connectivity index (χ1n) is 9.84. The molecule has 1 aromatic carbocycles. The van der Waals surface area contributed by atoms with Gasteiger partial charge in [-0.05, 0) is 52.9 Å². The minimum absolute atomic E-state index is 0.0230. The van der Waals surface area contributed by atoms with E-state index >= 15 is 0 Å². The van der Waals surface area contributed by atoms with Crippen LogP contribution in [0.3, 0.4) is 0 Å². The van der Waals surface area contributed by atoms with Crippen molar-refractivity contribution in [3.63, 3.8) is 0 Å². The van der Waals surface area contributed by atoms with E-state index in [1.54, 1.807) is 16.2 Å². The van der Waals surface area contributed by atoms with Crippen LogP contribution in [0.5, 0.6) is 0 Å². The number of halogens is 1. The lowest BCUT2D eigenvalue weighted by Gasteiger charge is -2.27. The summed E-state index contributed by atoms with van der Waals surface area (Å²) < 4.78 is 18.7. The Balaban J connectivity index is 1.33. The Labute approximate surface area is 177 Å². The van der Waals surface area contributed by atoms with Crippen molar-refractivity contribution in [1.29, 1.82) is 0 Å². The van der Waals surface area contributed by atoms with Crippen molar-refractivity contribution >= 4 is 23.2 Å². The molecule has 4 rings (SSSR count). The minimum atomic E-state index is -0.833. The number of oxazole rings is 1. The molecule has 8 heteroatoms. The number of carbonyl (C=O) groups excluding carboxylic acids is 2.